The number of carbonyl (C=O) groups is 2. The molecular weight excluding hydrogens is 496 g/mol. The summed E-state index contributed by atoms with van der Waals surface area (Å²) < 4.78 is 6.55. The summed E-state index contributed by atoms with van der Waals surface area (Å²) in [6.07, 6.45) is 3.53. The van der Waals surface area contributed by atoms with Gasteiger partial charge in [0.25, 0.3) is 0 Å². The fourth-order valence-corrected chi connectivity index (χ4v) is 5.03. The number of nitrogens with one attached hydrogen (secondary N) is 1. The maximum absolute atomic E-state index is 13.5. The number of hydrogen-bond acceptors (Lipinski definition) is 5. The molecule has 1 N–H and O–H groups in total. The van der Waals surface area contributed by atoms with Crippen LogP contribution in [0.15, 0.2) is 35.1 Å². The molecular formula is C26H33BrN4O3. The third kappa shape index (κ3) is 5.59. The summed E-state index contributed by atoms with van der Waals surface area (Å²) in [4.78, 5) is 32.6. The molecule has 0 saturated carbocycles. The lowest BCUT2D eigenvalue weighted by Crippen LogP contribution is -2.49. The van der Waals surface area contributed by atoms with Gasteiger partial charge >= 0.3 is 0 Å². The van der Waals surface area contributed by atoms with Crippen molar-refractivity contribution in [1.29, 1.82) is 5.26 Å². The Morgan fingerprint density at radius 1 is 1.35 bits per heavy atom. The van der Waals surface area contributed by atoms with E-state index in [1.54, 1.807) is 17.3 Å². The van der Waals surface area contributed by atoms with Gasteiger partial charge in [0.2, 0.25) is 11.8 Å². The average molecular weight is 529 g/mol. The van der Waals surface area contributed by atoms with Gasteiger partial charge in [-0.25, -0.2) is 0 Å². The van der Waals surface area contributed by atoms with Gasteiger partial charge in [-0.05, 0) is 38.2 Å². The second-order valence-corrected chi connectivity index (χ2v) is 11.4. The minimum absolute atomic E-state index is 0.0864. The van der Waals surface area contributed by atoms with Crippen LogP contribution in [0.5, 0.6) is 0 Å². The highest BCUT2D eigenvalue weighted by atomic mass is 79.9. The minimum Gasteiger partial charge on any atom is -0.375 e. The number of fused-ring (bicyclic) bond motifs is 1. The van der Waals surface area contributed by atoms with Gasteiger partial charge in [0, 0.05) is 39.7 Å². The van der Waals surface area contributed by atoms with E-state index in [4.69, 9.17) is 4.74 Å². The zero-order chi connectivity index (χ0) is 25.3. The Balaban J connectivity index is 1.84. The summed E-state index contributed by atoms with van der Waals surface area (Å²) in [5.41, 5.74) is 0.0339. The molecule has 1 aromatic carbocycles. The molecule has 2 amide bonds. The Bertz CT molecular complexity index is 1110. The first kappa shape index (κ1) is 26.1. The summed E-state index contributed by atoms with van der Waals surface area (Å²) in [5, 5.41) is 14.5. The fourth-order valence-electron chi connectivity index (χ4n) is 4.42. The van der Waals surface area contributed by atoms with Crippen molar-refractivity contribution < 1.29 is 14.3 Å². The molecule has 34 heavy (non-hydrogen) atoms. The van der Waals surface area contributed by atoms with Gasteiger partial charge in [0.1, 0.15) is 12.1 Å². The molecule has 1 aliphatic rings. The predicted molar refractivity (Wildman–Crippen MR) is 135 cm³/mol. The van der Waals surface area contributed by atoms with Crippen LogP contribution in [-0.4, -0.2) is 46.5 Å². The summed E-state index contributed by atoms with van der Waals surface area (Å²) in [5.74, 6) is -0.541. The highest BCUT2D eigenvalue weighted by Gasteiger charge is 2.49. The van der Waals surface area contributed by atoms with E-state index >= 15 is 0 Å². The largest absolute Gasteiger partial charge is 0.375 e. The van der Waals surface area contributed by atoms with Crippen LogP contribution < -0.4 is 5.32 Å². The number of nitrogens with zero attached hydrogens (tertiary/aromatic N) is 3. The van der Waals surface area contributed by atoms with Crippen LogP contribution in [0.3, 0.4) is 0 Å². The van der Waals surface area contributed by atoms with Gasteiger partial charge in [0.05, 0.1) is 24.7 Å². The van der Waals surface area contributed by atoms with E-state index in [-0.39, 0.29) is 35.2 Å². The number of benzene rings is 1. The standard InChI is InChI=1S/C26H33BrN4O3/c1-16-23(31(15-26(16,5)6)21(32)10-11-34-25(2,3)4)24(33)30-20(12-28)18-14-29-13-17-8-7-9-19(27)22(17)18/h7-9,13-14,16,20,23H,10-11,15H2,1-6H3,(H,30,33)/t16?,20?,23-/m0/s1. The maximum atomic E-state index is 13.5. The summed E-state index contributed by atoms with van der Waals surface area (Å²) >= 11 is 3.55. The van der Waals surface area contributed by atoms with Crippen molar-refractivity contribution in [3.8, 4) is 6.07 Å². The number of hydrogen-bond donors (Lipinski definition) is 1. The molecule has 8 heteroatoms. The first-order chi connectivity index (χ1) is 15.9. The molecule has 182 valence electrons. The lowest BCUT2D eigenvalue weighted by atomic mass is 9.80. The third-order valence-corrected chi connectivity index (χ3v) is 7.21. The SMILES string of the molecule is CC1[C@@H](C(=O)NC(C#N)c2cncc3cccc(Br)c23)N(C(=O)CCOC(C)(C)C)CC1(C)C. The number of rotatable bonds is 6. The predicted octanol–water partition coefficient (Wildman–Crippen LogP) is 4.76. The summed E-state index contributed by atoms with van der Waals surface area (Å²) in [7, 11) is 0. The monoisotopic (exact) mass is 528 g/mol. The lowest BCUT2D eigenvalue weighted by molar-refractivity contribution is -0.141. The van der Waals surface area contributed by atoms with Crippen LogP contribution >= 0.6 is 15.9 Å². The van der Waals surface area contributed by atoms with Crippen LogP contribution in [0, 0.1) is 22.7 Å². The molecule has 0 bridgehead atoms. The number of carbonyl (C=O) groups excluding carboxylic acids is 2. The number of likely N-dealkylation sites (tertiary alicyclic amines) is 1. The number of pyridine rings is 1. The van der Waals surface area contributed by atoms with Crippen LogP contribution in [0.25, 0.3) is 10.8 Å². The van der Waals surface area contributed by atoms with Crippen LogP contribution in [0.2, 0.25) is 0 Å². The van der Waals surface area contributed by atoms with Crippen molar-refractivity contribution in [1.82, 2.24) is 15.2 Å². The summed E-state index contributed by atoms with van der Waals surface area (Å²) in [6.45, 7) is 12.7. The number of amides is 2. The fraction of sp³-hybridized carbons (Fsp3) is 0.538. The van der Waals surface area contributed by atoms with Crippen molar-refractivity contribution in [3.05, 3.63) is 40.6 Å². The second kappa shape index (κ2) is 10.0. The van der Waals surface area contributed by atoms with Crippen molar-refractivity contribution in [2.24, 2.45) is 11.3 Å². The van der Waals surface area contributed by atoms with Crippen LogP contribution in [-0.2, 0) is 14.3 Å². The number of aromatic nitrogens is 1. The molecule has 2 unspecified atom stereocenters. The van der Waals surface area contributed by atoms with Gasteiger partial charge < -0.3 is 15.0 Å². The van der Waals surface area contributed by atoms with Gasteiger partial charge in [0.15, 0.2) is 0 Å². The van der Waals surface area contributed by atoms with E-state index in [1.165, 1.54) is 0 Å². The molecule has 1 aromatic heterocycles. The van der Waals surface area contributed by atoms with E-state index in [1.807, 2.05) is 45.9 Å². The minimum atomic E-state index is -0.903. The number of halogens is 1. The summed E-state index contributed by atoms with van der Waals surface area (Å²) in [6, 6.07) is 6.34. The van der Waals surface area contributed by atoms with Gasteiger partial charge in [-0.3, -0.25) is 14.6 Å². The topological polar surface area (TPSA) is 95.3 Å². The Kier molecular flexibility index (Phi) is 7.69. The van der Waals surface area contributed by atoms with E-state index in [9.17, 15) is 14.9 Å². The molecule has 3 rings (SSSR count). The molecule has 0 aliphatic carbocycles. The van der Waals surface area contributed by atoms with Crippen molar-refractivity contribution in [2.75, 3.05) is 13.2 Å². The maximum Gasteiger partial charge on any atom is 0.244 e. The highest BCUT2D eigenvalue weighted by molar-refractivity contribution is 9.10. The quantitative estimate of drug-likeness (QED) is 0.583. The molecule has 1 saturated heterocycles. The number of nitriles is 1. The molecule has 0 radical (unpaired) electrons. The first-order valence-electron chi connectivity index (χ1n) is 11.5. The smallest absolute Gasteiger partial charge is 0.244 e. The highest BCUT2D eigenvalue weighted by Crippen LogP contribution is 2.40. The van der Waals surface area contributed by atoms with Gasteiger partial charge in [-0.1, -0.05) is 48.8 Å². The molecule has 3 atom stereocenters. The Hall–Kier alpha value is -2.50. The number of ether oxygens (including phenoxy) is 1. The average Bonchev–Trinajstić information content (AvgIpc) is 3.00. The van der Waals surface area contributed by atoms with E-state index in [2.05, 4.69) is 46.1 Å². The van der Waals surface area contributed by atoms with E-state index < -0.39 is 12.1 Å². The molecule has 7 nitrogen and oxygen atoms in total. The molecule has 1 fully saturated rings. The zero-order valence-electron chi connectivity index (χ0n) is 20.7. The second-order valence-electron chi connectivity index (χ2n) is 10.6. The van der Waals surface area contributed by atoms with Crippen molar-refractivity contribution in [2.45, 2.75) is 65.6 Å². The first-order valence-corrected chi connectivity index (χ1v) is 12.3. The molecule has 1 aliphatic heterocycles. The molecule has 0 spiro atoms. The van der Waals surface area contributed by atoms with Crippen molar-refractivity contribution >= 4 is 38.5 Å². The Morgan fingerprint density at radius 2 is 2.06 bits per heavy atom. The van der Waals surface area contributed by atoms with Crippen molar-refractivity contribution in [3.63, 3.8) is 0 Å². The Labute approximate surface area is 210 Å². The van der Waals surface area contributed by atoms with Crippen LogP contribution in [0.1, 0.15) is 59.6 Å². The zero-order valence-corrected chi connectivity index (χ0v) is 22.3. The molecule has 2 heterocycles. The van der Waals surface area contributed by atoms with Crippen LogP contribution in [0.4, 0.5) is 0 Å². The van der Waals surface area contributed by atoms with E-state index in [0.29, 0.717) is 18.7 Å². The van der Waals surface area contributed by atoms with Gasteiger partial charge in [-0.2, -0.15) is 5.26 Å². The van der Waals surface area contributed by atoms with E-state index in [0.717, 1.165) is 15.2 Å². The molecule has 2 aromatic rings. The lowest BCUT2D eigenvalue weighted by Gasteiger charge is -2.28. The normalized spacial score (nSPS) is 20.7. The Morgan fingerprint density at radius 3 is 2.71 bits per heavy atom. The van der Waals surface area contributed by atoms with Gasteiger partial charge in [-0.15, -0.1) is 0 Å². The third-order valence-electron chi connectivity index (χ3n) is 6.55.